The Morgan fingerprint density at radius 1 is 1.09 bits per heavy atom. The Bertz CT molecular complexity index is 1070. The molecule has 0 atom stereocenters. The Morgan fingerprint density at radius 3 is 2.12 bits per heavy atom. The van der Waals surface area contributed by atoms with Crippen LogP contribution in [0, 0.1) is 12.3 Å². The van der Waals surface area contributed by atoms with Gasteiger partial charge in [-0.2, -0.15) is 0 Å². The first kappa shape index (κ1) is 23.6. The van der Waals surface area contributed by atoms with Gasteiger partial charge in [0.25, 0.3) is 0 Å². The average molecular weight is 459 g/mol. The second-order valence-electron chi connectivity index (χ2n) is 7.63. The van der Waals surface area contributed by atoms with Gasteiger partial charge in [0, 0.05) is 19.5 Å². The molecule has 0 aliphatic carbocycles. The number of amides is 1. The fraction of sp³-hybridized carbons (Fsp3) is 0.348. The first-order valence-electron chi connectivity index (χ1n) is 10.1. The van der Waals surface area contributed by atoms with Crippen molar-refractivity contribution in [1.82, 2.24) is 10.4 Å². The van der Waals surface area contributed by atoms with E-state index in [2.05, 4.69) is 5.92 Å². The van der Waals surface area contributed by atoms with Gasteiger partial charge in [-0.3, -0.25) is 14.9 Å². The first-order valence-corrected chi connectivity index (χ1v) is 11.6. The normalized spacial score (nSPS) is 16.0. The summed E-state index contributed by atoms with van der Waals surface area (Å²) in [4.78, 5) is 14.0. The molecule has 32 heavy (non-hydrogen) atoms. The summed E-state index contributed by atoms with van der Waals surface area (Å²) in [6, 6.07) is 13.1. The van der Waals surface area contributed by atoms with Crippen molar-refractivity contribution in [3.05, 3.63) is 48.5 Å². The molecule has 0 unspecified atom stereocenters. The van der Waals surface area contributed by atoms with Gasteiger partial charge in [0.15, 0.2) is 9.84 Å². The lowest BCUT2D eigenvalue weighted by molar-refractivity contribution is -0.130. The Morgan fingerprint density at radius 2 is 1.62 bits per heavy atom. The van der Waals surface area contributed by atoms with Crippen molar-refractivity contribution >= 4 is 15.7 Å². The minimum absolute atomic E-state index is 0.0933. The number of carbonyl (C=O) groups excluding carboxylic acids is 1. The van der Waals surface area contributed by atoms with Gasteiger partial charge in [-0.25, -0.2) is 13.9 Å². The van der Waals surface area contributed by atoms with E-state index in [1.807, 2.05) is 4.90 Å². The number of nitrogens with one attached hydrogen (secondary N) is 1. The maximum Gasteiger partial charge on any atom is 0.244 e. The molecule has 1 amide bonds. The molecule has 9 heteroatoms. The highest BCUT2D eigenvalue weighted by Gasteiger charge is 2.48. The number of benzene rings is 2. The maximum absolute atomic E-state index is 13.6. The molecule has 0 aromatic heterocycles. The van der Waals surface area contributed by atoms with E-state index in [1.54, 1.807) is 49.0 Å². The smallest absolute Gasteiger partial charge is 0.244 e. The molecule has 170 valence electrons. The monoisotopic (exact) mass is 458 g/mol. The van der Waals surface area contributed by atoms with Gasteiger partial charge in [-0.15, -0.1) is 6.42 Å². The van der Waals surface area contributed by atoms with Crippen LogP contribution in [0.1, 0.15) is 19.3 Å². The van der Waals surface area contributed by atoms with Crippen LogP contribution in [-0.4, -0.2) is 55.9 Å². The maximum atomic E-state index is 13.6. The van der Waals surface area contributed by atoms with Gasteiger partial charge in [0.05, 0.1) is 23.3 Å². The number of hydrogen-bond acceptors (Lipinski definition) is 7. The van der Waals surface area contributed by atoms with E-state index in [-0.39, 0.29) is 24.2 Å². The number of terminal acetylenes is 1. The molecule has 1 heterocycles. The molecule has 0 saturated carbocycles. The minimum Gasteiger partial charge on any atom is -0.497 e. The van der Waals surface area contributed by atoms with E-state index in [0.29, 0.717) is 36.9 Å². The molecule has 3 rings (SSSR count). The summed E-state index contributed by atoms with van der Waals surface area (Å²) in [5, 5.41) is 9.01. The number of nitrogens with zero attached hydrogens (tertiary/aromatic N) is 1. The highest BCUT2D eigenvalue weighted by molar-refractivity contribution is 7.92. The van der Waals surface area contributed by atoms with Gasteiger partial charge < -0.3 is 9.47 Å². The van der Waals surface area contributed by atoms with E-state index in [4.69, 9.17) is 21.1 Å². The van der Waals surface area contributed by atoms with Gasteiger partial charge in [-0.1, -0.05) is 5.92 Å². The zero-order chi connectivity index (χ0) is 23.2. The summed E-state index contributed by atoms with van der Waals surface area (Å²) in [5.41, 5.74) is 1.56. The summed E-state index contributed by atoms with van der Waals surface area (Å²) in [5.74, 6) is 3.57. The van der Waals surface area contributed by atoms with Crippen LogP contribution in [0.5, 0.6) is 17.2 Å². The van der Waals surface area contributed by atoms with E-state index < -0.39 is 20.5 Å². The lowest BCUT2D eigenvalue weighted by Crippen LogP contribution is -2.51. The zero-order valence-corrected chi connectivity index (χ0v) is 18.6. The number of likely N-dealkylation sites (tertiary alicyclic amines) is 1. The van der Waals surface area contributed by atoms with Crippen molar-refractivity contribution in [2.75, 3.05) is 26.7 Å². The van der Waals surface area contributed by atoms with Crippen LogP contribution in [0.25, 0.3) is 0 Å². The fourth-order valence-electron chi connectivity index (χ4n) is 3.84. The minimum atomic E-state index is -3.89. The number of hydrogen-bond donors (Lipinski definition) is 2. The van der Waals surface area contributed by atoms with Crippen molar-refractivity contribution in [1.29, 1.82) is 0 Å². The number of sulfone groups is 1. The molecule has 2 aromatic rings. The van der Waals surface area contributed by atoms with Crippen LogP contribution in [0.2, 0.25) is 0 Å². The molecule has 0 radical (unpaired) electrons. The fourth-order valence-corrected chi connectivity index (χ4v) is 5.87. The van der Waals surface area contributed by atoms with Crippen molar-refractivity contribution in [2.24, 2.45) is 0 Å². The molecule has 2 aromatic carbocycles. The standard InChI is InChI=1S/C23H26N2O6S/c1-3-14-25-15-12-23(13-16-25,17-22(26)24-27)32(28,29)21-10-8-20(9-11-21)31-19-6-4-18(30-2)5-7-19/h1,4-11,27H,12-17H2,2H3,(H,24,26). The number of ether oxygens (including phenoxy) is 2. The number of carbonyl (C=O) groups is 1. The van der Waals surface area contributed by atoms with Crippen LogP contribution in [0.4, 0.5) is 0 Å². The molecule has 0 bridgehead atoms. The predicted molar refractivity (Wildman–Crippen MR) is 118 cm³/mol. The topological polar surface area (TPSA) is 105 Å². The van der Waals surface area contributed by atoms with Crippen molar-refractivity contribution in [2.45, 2.75) is 28.9 Å². The molecule has 0 spiro atoms. The Hall–Kier alpha value is -3.06. The third-order valence-electron chi connectivity index (χ3n) is 5.69. The summed E-state index contributed by atoms with van der Waals surface area (Å²) in [7, 11) is -2.31. The van der Waals surface area contributed by atoms with E-state index in [9.17, 15) is 13.2 Å². The molecule has 8 nitrogen and oxygen atoms in total. The van der Waals surface area contributed by atoms with Crippen LogP contribution in [0.15, 0.2) is 53.4 Å². The highest BCUT2D eigenvalue weighted by Crippen LogP contribution is 2.39. The Labute approximate surface area is 188 Å². The van der Waals surface area contributed by atoms with E-state index in [0.717, 1.165) is 0 Å². The number of rotatable bonds is 8. The molecular weight excluding hydrogens is 432 g/mol. The summed E-state index contributed by atoms with van der Waals surface area (Å²) < 4.78 is 36.7. The van der Waals surface area contributed by atoms with E-state index in [1.165, 1.54) is 12.1 Å². The SMILES string of the molecule is C#CCN1CCC(CC(=O)NO)(S(=O)(=O)c2ccc(Oc3ccc(OC)cc3)cc2)CC1. The lowest BCUT2D eigenvalue weighted by Gasteiger charge is -2.40. The second kappa shape index (κ2) is 10.0. The molecule has 1 saturated heterocycles. The largest absolute Gasteiger partial charge is 0.497 e. The van der Waals surface area contributed by atoms with Crippen LogP contribution >= 0.6 is 0 Å². The Balaban J connectivity index is 1.82. The number of piperidine rings is 1. The summed E-state index contributed by atoms with van der Waals surface area (Å²) >= 11 is 0. The van der Waals surface area contributed by atoms with E-state index >= 15 is 0 Å². The van der Waals surface area contributed by atoms with Gasteiger partial charge >= 0.3 is 0 Å². The second-order valence-corrected chi connectivity index (χ2v) is 9.97. The van der Waals surface area contributed by atoms with Gasteiger partial charge in [-0.05, 0) is 61.4 Å². The first-order chi connectivity index (χ1) is 15.3. The van der Waals surface area contributed by atoms with Crippen LogP contribution in [-0.2, 0) is 14.6 Å². The molecule has 2 N–H and O–H groups in total. The lowest BCUT2D eigenvalue weighted by atomic mass is 9.92. The van der Waals surface area contributed by atoms with Crippen molar-refractivity contribution in [3.63, 3.8) is 0 Å². The predicted octanol–water partition coefficient (Wildman–Crippen LogP) is 2.62. The third-order valence-corrected chi connectivity index (χ3v) is 8.27. The van der Waals surface area contributed by atoms with Crippen LogP contribution < -0.4 is 15.0 Å². The van der Waals surface area contributed by atoms with Crippen molar-refractivity contribution in [3.8, 4) is 29.6 Å². The van der Waals surface area contributed by atoms with Gasteiger partial charge in [0.1, 0.15) is 17.2 Å². The summed E-state index contributed by atoms with van der Waals surface area (Å²) in [6.07, 6.45) is 5.49. The number of methoxy groups -OCH3 is 1. The molecule has 1 aliphatic rings. The van der Waals surface area contributed by atoms with Crippen LogP contribution in [0.3, 0.4) is 0 Å². The van der Waals surface area contributed by atoms with Crippen molar-refractivity contribution < 1.29 is 27.9 Å². The average Bonchev–Trinajstić information content (AvgIpc) is 2.81. The third kappa shape index (κ3) is 5.05. The number of hydroxylamine groups is 1. The quantitative estimate of drug-likeness (QED) is 0.356. The zero-order valence-electron chi connectivity index (χ0n) is 17.8. The Kier molecular flexibility index (Phi) is 7.40. The molecular formula is C23H26N2O6S. The highest BCUT2D eigenvalue weighted by atomic mass is 32.2. The van der Waals surface area contributed by atoms with Gasteiger partial charge in [0.2, 0.25) is 5.91 Å². The summed E-state index contributed by atoms with van der Waals surface area (Å²) in [6.45, 7) is 1.31. The molecule has 1 fully saturated rings. The molecule has 1 aliphatic heterocycles.